The van der Waals surface area contributed by atoms with Crippen LogP contribution in [0, 0.1) is 13.8 Å². The van der Waals surface area contributed by atoms with Gasteiger partial charge in [0.05, 0.1) is 19.0 Å². The minimum atomic E-state index is 0.414. The van der Waals surface area contributed by atoms with Crippen LogP contribution in [0.25, 0.3) is 17.1 Å². The van der Waals surface area contributed by atoms with Crippen molar-refractivity contribution in [3.63, 3.8) is 0 Å². The number of benzene rings is 3. The molecule has 0 aliphatic heterocycles. The van der Waals surface area contributed by atoms with Crippen molar-refractivity contribution in [3.05, 3.63) is 89.2 Å². The summed E-state index contributed by atoms with van der Waals surface area (Å²) >= 11 is 5.40. The first kappa shape index (κ1) is 26.0. The number of hydrazone groups is 1. The molecule has 0 aliphatic carbocycles. The summed E-state index contributed by atoms with van der Waals surface area (Å²) in [5, 5.41) is 12.5. The van der Waals surface area contributed by atoms with Crippen LogP contribution in [0.1, 0.15) is 42.0 Å². The SMILES string of the molecule is CCCCc1ccc(-n2cnc(-c3ccc(C=NNC(=S)Nc4c(C)cc(OC)cc4C)cc3)n2)cc1. The number of unbranched alkanes of at least 4 members (excludes halogenated alkanes) is 1. The van der Waals surface area contributed by atoms with Gasteiger partial charge in [-0.25, -0.2) is 9.67 Å². The second-order valence-corrected chi connectivity index (χ2v) is 9.27. The van der Waals surface area contributed by atoms with Crippen LogP contribution in [0.15, 0.2) is 72.1 Å². The van der Waals surface area contributed by atoms with Gasteiger partial charge in [0.25, 0.3) is 0 Å². The molecule has 0 aliphatic rings. The number of hydrogen-bond donors (Lipinski definition) is 2. The molecule has 0 unspecified atom stereocenters. The average molecular weight is 513 g/mol. The van der Waals surface area contributed by atoms with E-state index in [4.69, 9.17) is 17.0 Å². The molecule has 1 aromatic heterocycles. The van der Waals surface area contributed by atoms with Crippen molar-refractivity contribution in [3.8, 4) is 22.8 Å². The number of aromatic nitrogens is 3. The van der Waals surface area contributed by atoms with E-state index in [1.54, 1.807) is 24.3 Å². The Morgan fingerprint density at radius 1 is 1.05 bits per heavy atom. The molecule has 0 amide bonds. The molecule has 37 heavy (non-hydrogen) atoms. The third kappa shape index (κ3) is 6.80. The number of hydrogen-bond acceptors (Lipinski definition) is 5. The van der Waals surface area contributed by atoms with Gasteiger partial charge in [-0.2, -0.15) is 5.10 Å². The molecule has 0 atom stereocenters. The van der Waals surface area contributed by atoms with Gasteiger partial charge in [0.2, 0.25) is 0 Å². The number of nitrogens with one attached hydrogen (secondary N) is 2. The number of ether oxygens (including phenoxy) is 1. The van der Waals surface area contributed by atoms with Crippen LogP contribution in [0.2, 0.25) is 0 Å². The first-order valence-electron chi connectivity index (χ1n) is 12.3. The summed E-state index contributed by atoms with van der Waals surface area (Å²) in [7, 11) is 1.66. The normalized spacial score (nSPS) is 11.0. The average Bonchev–Trinajstić information content (AvgIpc) is 3.40. The topological polar surface area (TPSA) is 76.4 Å². The van der Waals surface area contributed by atoms with Crippen LogP contribution in [-0.2, 0) is 6.42 Å². The zero-order valence-electron chi connectivity index (χ0n) is 21.7. The van der Waals surface area contributed by atoms with Gasteiger partial charge in [0.15, 0.2) is 10.9 Å². The molecule has 1 heterocycles. The molecule has 8 heteroatoms. The maximum Gasteiger partial charge on any atom is 0.191 e. The standard InChI is InChI=1S/C29H32N6OS/c1-5-6-7-22-10-14-25(15-11-22)35-19-30-28(34-35)24-12-8-23(9-13-24)18-31-33-29(37)32-27-20(2)16-26(36-4)17-21(27)3/h8-19H,5-7H2,1-4H3,(H2,32,33,37). The summed E-state index contributed by atoms with van der Waals surface area (Å²) in [6.45, 7) is 6.22. The number of nitrogens with zero attached hydrogens (tertiary/aromatic N) is 4. The third-order valence-corrected chi connectivity index (χ3v) is 6.23. The van der Waals surface area contributed by atoms with E-state index in [-0.39, 0.29) is 0 Å². The fourth-order valence-corrected chi connectivity index (χ4v) is 4.13. The fourth-order valence-electron chi connectivity index (χ4n) is 3.98. The first-order valence-corrected chi connectivity index (χ1v) is 12.7. The summed E-state index contributed by atoms with van der Waals surface area (Å²) in [5.41, 5.74) is 10.1. The van der Waals surface area contributed by atoms with E-state index >= 15 is 0 Å². The van der Waals surface area contributed by atoms with E-state index in [1.807, 2.05) is 50.2 Å². The van der Waals surface area contributed by atoms with Gasteiger partial charge in [0, 0.05) is 11.3 Å². The molecular formula is C29H32N6OS. The monoisotopic (exact) mass is 512 g/mol. The minimum absolute atomic E-state index is 0.414. The van der Waals surface area contributed by atoms with Gasteiger partial charge in [-0.05, 0) is 85.4 Å². The number of anilines is 1. The van der Waals surface area contributed by atoms with E-state index in [0.717, 1.165) is 45.8 Å². The van der Waals surface area contributed by atoms with Crippen molar-refractivity contribution < 1.29 is 4.74 Å². The zero-order chi connectivity index (χ0) is 26.2. The maximum absolute atomic E-state index is 5.40. The highest BCUT2D eigenvalue weighted by atomic mass is 32.1. The highest BCUT2D eigenvalue weighted by Gasteiger charge is 2.08. The van der Waals surface area contributed by atoms with Crippen molar-refractivity contribution in [2.75, 3.05) is 12.4 Å². The number of rotatable bonds is 9. The van der Waals surface area contributed by atoms with Gasteiger partial charge >= 0.3 is 0 Å². The highest BCUT2D eigenvalue weighted by Crippen LogP contribution is 2.26. The molecule has 0 fully saturated rings. The van der Waals surface area contributed by atoms with Crippen LogP contribution < -0.4 is 15.5 Å². The molecule has 190 valence electrons. The van der Waals surface area contributed by atoms with Crippen LogP contribution in [0.4, 0.5) is 5.69 Å². The minimum Gasteiger partial charge on any atom is -0.497 e. The second-order valence-electron chi connectivity index (χ2n) is 8.87. The van der Waals surface area contributed by atoms with Gasteiger partial charge in [-0.3, -0.25) is 5.43 Å². The molecule has 0 radical (unpaired) electrons. The van der Waals surface area contributed by atoms with E-state index in [1.165, 1.54) is 18.4 Å². The Balaban J connectivity index is 1.34. The summed E-state index contributed by atoms with van der Waals surface area (Å²) in [6.07, 6.45) is 6.97. The van der Waals surface area contributed by atoms with Crippen LogP contribution in [0.3, 0.4) is 0 Å². The summed E-state index contributed by atoms with van der Waals surface area (Å²) in [4.78, 5) is 4.49. The Morgan fingerprint density at radius 2 is 1.76 bits per heavy atom. The Bertz CT molecular complexity index is 1350. The zero-order valence-corrected chi connectivity index (χ0v) is 22.5. The molecule has 3 aromatic carbocycles. The fraction of sp³-hybridized carbons (Fsp3) is 0.241. The lowest BCUT2D eigenvalue weighted by Gasteiger charge is -2.14. The number of thiocarbonyl (C=S) groups is 1. The van der Waals surface area contributed by atoms with Crippen LogP contribution in [0.5, 0.6) is 5.75 Å². The van der Waals surface area contributed by atoms with Gasteiger partial charge in [-0.15, -0.1) is 5.10 Å². The molecule has 0 saturated carbocycles. The molecule has 0 saturated heterocycles. The maximum atomic E-state index is 5.40. The van der Waals surface area contributed by atoms with E-state index in [2.05, 4.69) is 57.1 Å². The second kappa shape index (κ2) is 12.3. The van der Waals surface area contributed by atoms with Crippen LogP contribution >= 0.6 is 12.2 Å². The van der Waals surface area contributed by atoms with Gasteiger partial charge < -0.3 is 10.1 Å². The Labute approximate surface area is 223 Å². The molecular weight excluding hydrogens is 480 g/mol. The van der Waals surface area contributed by atoms with E-state index < -0.39 is 0 Å². The van der Waals surface area contributed by atoms with Gasteiger partial charge in [0.1, 0.15) is 12.1 Å². The van der Waals surface area contributed by atoms with Crippen molar-refractivity contribution in [1.29, 1.82) is 0 Å². The van der Waals surface area contributed by atoms with E-state index in [0.29, 0.717) is 10.9 Å². The Kier molecular flexibility index (Phi) is 8.64. The Hall–Kier alpha value is -4.04. The molecule has 2 N–H and O–H groups in total. The number of aryl methyl sites for hydroxylation is 3. The predicted octanol–water partition coefficient (Wildman–Crippen LogP) is 6.22. The largest absolute Gasteiger partial charge is 0.497 e. The quantitative estimate of drug-likeness (QED) is 0.157. The smallest absolute Gasteiger partial charge is 0.191 e. The van der Waals surface area contributed by atoms with Crippen molar-refractivity contribution in [2.45, 2.75) is 40.0 Å². The van der Waals surface area contributed by atoms with E-state index in [9.17, 15) is 0 Å². The lowest BCUT2D eigenvalue weighted by Crippen LogP contribution is -2.24. The lowest BCUT2D eigenvalue weighted by atomic mass is 10.1. The van der Waals surface area contributed by atoms with Crippen molar-refractivity contribution in [2.24, 2.45) is 5.10 Å². The number of methoxy groups -OCH3 is 1. The first-order chi connectivity index (χ1) is 18.0. The molecule has 0 bridgehead atoms. The predicted molar refractivity (Wildman–Crippen MR) is 155 cm³/mol. The van der Waals surface area contributed by atoms with Crippen LogP contribution in [-0.4, -0.2) is 33.2 Å². The molecule has 7 nitrogen and oxygen atoms in total. The summed E-state index contributed by atoms with van der Waals surface area (Å²) in [6, 6.07) is 20.3. The highest BCUT2D eigenvalue weighted by molar-refractivity contribution is 7.80. The molecule has 0 spiro atoms. The molecule has 4 rings (SSSR count). The molecule has 4 aromatic rings. The van der Waals surface area contributed by atoms with Gasteiger partial charge in [-0.1, -0.05) is 49.7 Å². The third-order valence-electron chi connectivity index (χ3n) is 6.04. The van der Waals surface area contributed by atoms with Crippen molar-refractivity contribution in [1.82, 2.24) is 20.2 Å². The Morgan fingerprint density at radius 3 is 2.41 bits per heavy atom. The summed E-state index contributed by atoms with van der Waals surface area (Å²) in [5.74, 6) is 1.49. The summed E-state index contributed by atoms with van der Waals surface area (Å²) < 4.78 is 7.12. The lowest BCUT2D eigenvalue weighted by molar-refractivity contribution is 0.414. The van der Waals surface area contributed by atoms with Crippen molar-refractivity contribution >= 4 is 29.2 Å².